The molecular weight excluding hydrogens is 372 g/mol. The van der Waals surface area contributed by atoms with Gasteiger partial charge in [0.05, 0.1) is 0 Å². The lowest BCUT2D eigenvalue weighted by Crippen LogP contribution is -2.03. The predicted octanol–water partition coefficient (Wildman–Crippen LogP) is 8.25. The van der Waals surface area contributed by atoms with Crippen molar-refractivity contribution in [3.05, 3.63) is 120 Å². The van der Waals surface area contributed by atoms with E-state index in [1.165, 1.54) is 60.8 Å². The number of rotatable bonds is 2. The molecule has 0 fully saturated rings. The van der Waals surface area contributed by atoms with Gasteiger partial charge in [-0.15, -0.1) is 0 Å². The molecule has 1 aliphatic rings. The Hall–Kier alpha value is -3.64. The van der Waals surface area contributed by atoms with Crippen LogP contribution in [-0.4, -0.2) is 0 Å². The highest BCUT2D eigenvalue weighted by atomic mass is 14.2. The maximum Gasteiger partial charge on any atom is -0.00268 e. The minimum atomic E-state index is 1.12. The summed E-state index contributed by atoms with van der Waals surface area (Å²) in [6.07, 6.45) is 2.25. The predicted molar refractivity (Wildman–Crippen MR) is 132 cm³/mol. The molecule has 6 rings (SSSR count). The fourth-order valence-corrected chi connectivity index (χ4v) is 5.03. The molecule has 1 aliphatic carbocycles. The van der Waals surface area contributed by atoms with Crippen LogP contribution < -0.4 is 0 Å². The van der Waals surface area contributed by atoms with Gasteiger partial charge in [0, 0.05) is 0 Å². The van der Waals surface area contributed by atoms with E-state index < -0.39 is 0 Å². The van der Waals surface area contributed by atoms with Crippen molar-refractivity contribution in [2.24, 2.45) is 0 Å². The van der Waals surface area contributed by atoms with E-state index in [2.05, 4.69) is 110 Å². The van der Waals surface area contributed by atoms with E-state index >= 15 is 0 Å². The van der Waals surface area contributed by atoms with Crippen molar-refractivity contribution in [3.63, 3.8) is 0 Å². The van der Waals surface area contributed by atoms with Crippen LogP contribution in [-0.2, 0) is 12.8 Å². The van der Waals surface area contributed by atoms with Gasteiger partial charge in [0.15, 0.2) is 0 Å². The lowest BCUT2D eigenvalue weighted by Gasteiger charge is -2.21. The normalized spacial score (nSPS) is 12.4. The molecule has 5 aromatic rings. The van der Waals surface area contributed by atoms with E-state index in [1.807, 2.05) is 0 Å². The minimum Gasteiger partial charge on any atom is -0.0620 e. The van der Waals surface area contributed by atoms with Crippen molar-refractivity contribution in [3.8, 4) is 33.4 Å². The van der Waals surface area contributed by atoms with Gasteiger partial charge in [-0.05, 0) is 81.1 Å². The Labute approximate surface area is 183 Å². The highest BCUT2D eigenvalue weighted by Crippen LogP contribution is 2.41. The van der Waals surface area contributed by atoms with Crippen molar-refractivity contribution in [2.45, 2.75) is 19.8 Å². The van der Waals surface area contributed by atoms with Gasteiger partial charge in [0.25, 0.3) is 0 Å². The van der Waals surface area contributed by atoms with Gasteiger partial charge in [-0.3, -0.25) is 0 Å². The highest BCUT2D eigenvalue weighted by Gasteiger charge is 2.18. The summed E-state index contributed by atoms with van der Waals surface area (Å²) in [7, 11) is 0. The quantitative estimate of drug-likeness (QED) is 0.282. The fraction of sp³-hybridized carbons (Fsp3) is 0.0968. The van der Waals surface area contributed by atoms with Crippen molar-refractivity contribution < 1.29 is 0 Å². The molecule has 0 N–H and O–H groups in total. The number of hydrogen-bond donors (Lipinski definition) is 0. The molecule has 0 nitrogen and oxygen atoms in total. The van der Waals surface area contributed by atoms with Crippen LogP contribution >= 0.6 is 0 Å². The second-order valence-electron chi connectivity index (χ2n) is 8.60. The molecule has 0 heterocycles. The first-order valence-electron chi connectivity index (χ1n) is 11.1. The van der Waals surface area contributed by atoms with Crippen LogP contribution in [0.3, 0.4) is 0 Å². The molecule has 0 aromatic heterocycles. The fourth-order valence-electron chi connectivity index (χ4n) is 5.03. The summed E-state index contributed by atoms with van der Waals surface area (Å²) in [4.78, 5) is 0. The van der Waals surface area contributed by atoms with Crippen molar-refractivity contribution in [2.75, 3.05) is 0 Å². The smallest absolute Gasteiger partial charge is 0.00268 e. The zero-order valence-corrected chi connectivity index (χ0v) is 17.7. The van der Waals surface area contributed by atoms with Crippen LogP contribution in [0.4, 0.5) is 0 Å². The van der Waals surface area contributed by atoms with Gasteiger partial charge >= 0.3 is 0 Å². The molecular formula is C31H24. The van der Waals surface area contributed by atoms with E-state index in [4.69, 9.17) is 0 Å². The van der Waals surface area contributed by atoms with Crippen LogP contribution in [0, 0.1) is 6.92 Å². The third-order valence-corrected chi connectivity index (χ3v) is 6.66. The average Bonchev–Trinajstić information content (AvgIpc) is 2.83. The zero-order chi connectivity index (χ0) is 20.8. The van der Waals surface area contributed by atoms with Crippen molar-refractivity contribution >= 4 is 10.8 Å². The molecule has 148 valence electrons. The summed E-state index contributed by atoms with van der Waals surface area (Å²) < 4.78 is 0. The van der Waals surface area contributed by atoms with E-state index in [0.717, 1.165) is 12.8 Å². The first-order chi connectivity index (χ1) is 15.3. The SMILES string of the molecule is Cc1ccc(-c2c(-c3ccc4c(c3)-c3ccccc3CC4)ccc3ccccc23)cc1. The second kappa shape index (κ2) is 7.25. The summed E-state index contributed by atoms with van der Waals surface area (Å²) in [5.41, 5.74) is 12.2. The number of benzene rings is 5. The van der Waals surface area contributed by atoms with E-state index in [-0.39, 0.29) is 0 Å². The zero-order valence-electron chi connectivity index (χ0n) is 17.7. The lowest BCUT2D eigenvalue weighted by atomic mass is 9.82. The summed E-state index contributed by atoms with van der Waals surface area (Å²) in [6.45, 7) is 2.15. The first kappa shape index (κ1) is 18.2. The summed E-state index contributed by atoms with van der Waals surface area (Å²) in [5.74, 6) is 0. The van der Waals surface area contributed by atoms with Crippen LogP contribution in [0.5, 0.6) is 0 Å². The maximum absolute atomic E-state index is 2.41. The molecule has 0 spiro atoms. The number of aryl methyl sites for hydroxylation is 3. The Morgan fingerprint density at radius 1 is 0.516 bits per heavy atom. The molecule has 0 saturated heterocycles. The first-order valence-corrected chi connectivity index (χ1v) is 11.1. The molecule has 0 bridgehead atoms. The van der Waals surface area contributed by atoms with Gasteiger partial charge in [-0.1, -0.05) is 103 Å². The topological polar surface area (TPSA) is 0 Å². The minimum absolute atomic E-state index is 1.12. The Balaban J connectivity index is 1.61. The molecule has 31 heavy (non-hydrogen) atoms. The van der Waals surface area contributed by atoms with E-state index in [9.17, 15) is 0 Å². The molecule has 0 atom stereocenters. The Morgan fingerprint density at radius 3 is 2.10 bits per heavy atom. The Kier molecular flexibility index (Phi) is 4.25. The Morgan fingerprint density at radius 2 is 1.23 bits per heavy atom. The molecule has 5 aromatic carbocycles. The largest absolute Gasteiger partial charge is 0.0620 e. The molecule has 0 heteroatoms. The van der Waals surface area contributed by atoms with Crippen molar-refractivity contribution in [1.82, 2.24) is 0 Å². The maximum atomic E-state index is 2.41. The van der Waals surface area contributed by atoms with Gasteiger partial charge in [0.1, 0.15) is 0 Å². The standard InChI is InChI=1S/C31H24/c1-21-10-12-25(13-11-21)31-28-9-5-3-7-23(28)18-19-29(31)26-17-16-24-15-14-22-6-2-4-8-27(22)30(24)20-26/h2-13,16-20H,14-15H2,1H3. The molecule has 0 radical (unpaired) electrons. The second-order valence-corrected chi connectivity index (χ2v) is 8.60. The Bertz CT molecular complexity index is 1420. The van der Waals surface area contributed by atoms with Crippen molar-refractivity contribution in [1.29, 1.82) is 0 Å². The monoisotopic (exact) mass is 396 g/mol. The summed E-state index contributed by atoms with van der Waals surface area (Å²) in [5, 5.41) is 2.59. The molecule has 0 aliphatic heterocycles. The van der Waals surface area contributed by atoms with Crippen LogP contribution in [0.15, 0.2) is 103 Å². The molecule has 0 saturated carbocycles. The summed E-state index contributed by atoms with van der Waals surface area (Å²) >= 11 is 0. The third kappa shape index (κ3) is 3.07. The number of hydrogen-bond acceptors (Lipinski definition) is 0. The van der Waals surface area contributed by atoms with Gasteiger partial charge in [-0.25, -0.2) is 0 Å². The van der Waals surface area contributed by atoms with Gasteiger partial charge in [0.2, 0.25) is 0 Å². The van der Waals surface area contributed by atoms with Gasteiger partial charge < -0.3 is 0 Å². The average molecular weight is 397 g/mol. The van der Waals surface area contributed by atoms with Crippen LogP contribution in [0.2, 0.25) is 0 Å². The van der Waals surface area contributed by atoms with Crippen LogP contribution in [0.1, 0.15) is 16.7 Å². The lowest BCUT2D eigenvalue weighted by molar-refractivity contribution is 0.942. The van der Waals surface area contributed by atoms with E-state index in [0.29, 0.717) is 0 Å². The molecule has 0 amide bonds. The van der Waals surface area contributed by atoms with Gasteiger partial charge in [-0.2, -0.15) is 0 Å². The highest BCUT2D eigenvalue weighted by molar-refractivity contribution is 6.04. The van der Waals surface area contributed by atoms with Crippen LogP contribution in [0.25, 0.3) is 44.2 Å². The summed E-state index contributed by atoms with van der Waals surface area (Å²) in [6, 6.07) is 38.2. The molecule has 0 unspecified atom stereocenters. The number of fused-ring (bicyclic) bond motifs is 4. The third-order valence-electron chi connectivity index (χ3n) is 6.66. The van der Waals surface area contributed by atoms with E-state index in [1.54, 1.807) is 0 Å².